The molecule has 4 amide bonds. The van der Waals surface area contributed by atoms with E-state index in [4.69, 9.17) is 11.5 Å². The summed E-state index contributed by atoms with van der Waals surface area (Å²) in [5, 5.41) is 37.2. The molecule has 3 rings (SSSR count). The van der Waals surface area contributed by atoms with E-state index in [1.165, 1.54) is 31.2 Å². The molecule has 0 saturated heterocycles. The third-order valence-electron chi connectivity index (χ3n) is 6.86. The number of hydrogen-bond donors (Lipinski definition) is 9. The number of aliphatic carboxylic acids is 1. The van der Waals surface area contributed by atoms with E-state index < -0.39 is 59.9 Å². The largest absolute Gasteiger partial charge is 0.508 e. The Bertz CT molecular complexity index is 1450. The maximum Gasteiger partial charge on any atom is 0.326 e. The minimum absolute atomic E-state index is 0.0161. The molecule has 14 nitrogen and oxygen atoms in total. The summed E-state index contributed by atoms with van der Waals surface area (Å²) in [5.74, 6) is -4.63. The number of nitrogens with one attached hydrogen (secondary N) is 4. The summed E-state index contributed by atoms with van der Waals surface area (Å²) in [6.45, 7) is 1.32. The lowest BCUT2D eigenvalue weighted by Gasteiger charge is -2.25. The second-order valence-corrected chi connectivity index (χ2v) is 10.2. The minimum Gasteiger partial charge on any atom is -0.508 e. The number of hydrogen-bond acceptors (Lipinski definition) is 8. The Hall–Kier alpha value is -4.95. The summed E-state index contributed by atoms with van der Waals surface area (Å²) in [5.41, 5.74) is 13.0. The lowest BCUT2D eigenvalue weighted by molar-refractivity contribution is -0.142. The van der Waals surface area contributed by atoms with Gasteiger partial charge >= 0.3 is 5.97 Å². The van der Waals surface area contributed by atoms with Gasteiger partial charge in [-0.05, 0) is 42.7 Å². The van der Waals surface area contributed by atoms with E-state index >= 15 is 0 Å². The van der Waals surface area contributed by atoms with Gasteiger partial charge in [-0.2, -0.15) is 0 Å². The smallest absolute Gasteiger partial charge is 0.326 e. The number of amides is 4. The van der Waals surface area contributed by atoms with Gasteiger partial charge in [-0.3, -0.25) is 19.2 Å². The predicted octanol–water partition coefficient (Wildman–Crippen LogP) is -0.829. The quantitative estimate of drug-likeness (QED) is 0.106. The molecule has 43 heavy (non-hydrogen) atoms. The maximum atomic E-state index is 13.6. The number of carboxylic acids is 1. The highest BCUT2D eigenvalue weighted by atomic mass is 16.4. The number of phenols is 1. The molecule has 230 valence electrons. The van der Waals surface area contributed by atoms with Crippen LogP contribution in [-0.4, -0.2) is 80.2 Å². The van der Waals surface area contributed by atoms with Crippen molar-refractivity contribution in [3.63, 3.8) is 0 Å². The third-order valence-corrected chi connectivity index (χ3v) is 6.86. The molecule has 0 aliphatic carbocycles. The molecule has 5 unspecified atom stereocenters. The van der Waals surface area contributed by atoms with Gasteiger partial charge in [-0.25, -0.2) is 4.79 Å². The van der Waals surface area contributed by atoms with Crippen molar-refractivity contribution < 1.29 is 39.3 Å². The Morgan fingerprint density at radius 3 is 2.09 bits per heavy atom. The zero-order valence-electron chi connectivity index (χ0n) is 23.4. The van der Waals surface area contributed by atoms with Crippen LogP contribution >= 0.6 is 0 Å². The fraction of sp³-hybridized carbons (Fsp3) is 0.345. The first-order valence-electron chi connectivity index (χ1n) is 13.5. The van der Waals surface area contributed by atoms with E-state index in [0.29, 0.717) is 11.1 Å². The number of aromatic amines is 1. The van der Waals surface area contributed by atoms with Crippen LogP contribution in [-0.2, 0) is 36.8 Å². The molecular formula is C29H36N6O8. The van der Waals surface area contributed by atoms with Crippen molar-refractivity contribution in [1.82, 2.24) is 20.9 Å². The first-order chi connectivity index (χ1) is 20.3. The molecule has 0 radical (unpaired) electrons. The van der Waals surface area contributed by atoms with E-state index in [1.54, 1.807) is 12.3 Å². The second-order valence-electron chi connectivity index (χ2n) is 10.2. The number of aliphatic hydroxyl groups excluding tert-OH is 1. The van der Waals surface area contributed by atoms with Gasteiger partial charge in [-0.1, -0.05) is 30.3 Å². The number of nitrogens with two attached hydrogens (primary N) is 2. The van der Waals surface area contributed by atoms with Crippen LogP contribution in [0.1, 0.15) is 30.9 Å². The van der Waals surface area contributed by atoms with Crippen molar-refractivity contribution in [3.05, 3.63) is 65.9 Å². The van der Waals surface area contributed by atoms with Crippen LogP contribution in [0.2, 0.25) is 0 Å². The molecule has 3 aromatic rings. The molecule has 0 spiro atoms. The summed E-state index contributed by atoms with van der Waals surface area (Å²) in [6.07, 6.45) is -0.262. The SMILES string of the molecule is CC(O)C(N)C(=O)NC(Cc1c[nH]c2ccccc12)C(=O)NC(CCC(N)=O)C(=O)NC(Cc1ccc(O)cc1)C(=O)O. The summed E-state index contributed by atoms with van der Waals surface area (Å²) >= 11 is 0. The van der Waals surface area contributed by atoms with Gasteiger partial charge in [0.2, 0.25) is 23.6 Å². The normalized spacial score (nSPS) is 14.6. The first kappa shape index (κ1) is 32.6. The van der Waals surface area contributed by atoms with Crippen molar-refractivity contribution >= 4 is 40.5 Å². The van der Waals surface area contributed by atoms with Gasteiger partial charge in [0, 0.05) is 36.4 Å². The van der Waals surface area contributed by atoms with Crippen LogP contribution in [0.15, 0.2) is 54.7 Å². The molecule has 5 atom stereocenters. The topological polar surface area (TPSA) is 250 Å². The number of phenolic OH excluding ortho intramolecular Hbond substituents is 1. The number of benzene rings is 2. The number of primary amides is 1. The summed E-state index contributed by atoms with van der Waals surface area (Å²) < 4.78 is 0. The molecule has 0 fully saturated rings. The number of carboxylic acid groups (broad SMARTS) is 1. The van der Waals surface area contributed by atoms with E-state index in [0.717, 1.165) is 10.9 Å². The number of fused-ring (bicyclic) bond motifs is 1. The second kappa shape index (κ2) is 14.8. The average Bonchev–Trinajstić information content (AvgIpc) is 3.37. The zero-order chi connectivity index (χ0) is 31.7. The van der Waals surface area contributed by atoms with Gasteiger partial charge in [0.1, 0.15) is 29.9 Å². The Morgan fingerprint density at radius 1 is 0.860 bits per heavy atom. The van der Waals surface area contributed by atoms with Gasteiger partial charge < -0.3 is 47.7 Å². The van der Waals surface area contributed by atoms with E-state index in [2.05, 4.69) is 20.9 Å². The van der Waals surface area contributed by atoms with Crippen LogP contribution in [0.25, 0.3) is 10.9 Å². The molecule has 0 bridgehead atoms. The Morgan fingerprint density at radius 2 is 1.47 bits per heavy atom. The fourth-order valence-corrected chi connectivity index (χ4v) is 4.38. The fourth-order valence-electron chi connectivity index (χ4n) is 4.38. The summed E-state index contributed by atoms with van der Waals surface area (Å²) in [7, 11) is 0. The van der Waals surface area contributed by atoms with Gasteiger partial charge in [0.05, 0.1) is 6.10 Å². The highest BCUT2D eigenvalue weighted by Crippen LogP contribution is 2.19. The molecule has 0 aliphatic rings. The Kier molecular flexibility index (Phi) is 11.2. The predicted molar refractivity (Wildman–Crippen MR) is 155 cm³/mol. The number of carbonyl (C=O) groups is 5. The molecule has 14 heteroatoms. The lowest BCUT2D eigenvalue weighted by Crippen LogP contribution is -2.58. The number of rotatable bonds is 15. The monoisotopic (exact) mass is 596 g/mol. The maximum absolute atomic E-state index is 13.6. The first-order valence-corrected chi connectivity index (χ1v) is 13.5. The molecule has 1 aromatic heterocycles. The number of aromatic hydroxyl groups is 1. The van der Waals surface area contributed by atoms with Crippen molar-refractivity contribution in [2.45, 2.75) is 62.9 Å². The van der Waals surface area contributed by atoms with E-state index in [1.807, 2.05) is 18.2 Å². The Labute approximate surface area is 246 Å². The number of aromatic nitrogens is 1. The van der Waals surface area contributed by atoms with E-state index in [-0.39, 0.29) is 31.4 Å². The highest BCUT2D eigenvalue weighted by molar-refractivity contribution is 5.95. The van der Waals surface area contributed by atoms with Crippen LogP contribution in [0.4, 0.5) is 0 Å². The number of aliphatic hydroxyl groups is 1. The highest BCUT2D eigenvalue weighted by Gasteiger charge is 2.32. The standard InChI is InChI=1S/C29H36N6O8/c1-15(36)25(31)28(41)34-22(13-17-14-32-20-5-3-2-4-19(17)20)27(40)33-21(10-11-24(30)38)26(39)35-23(29(42)43)12-16-6-8-18(37)9-7-16/h2-9,14-15,21-23,25,32,36-37H,10-13,31H2,1H3,(H2,30,38)(H,33,40)(H,34,41)(H,35,39)(H,42,43). The number of H-pyrrole nitrogens is 1. The summed E-state index contributed by atoms with van der Waals surface area (Å²) in [6, 6.07) is 7.61. The van der Waals surface area contributed by atoms with Crippen molar-refractivity contribution in [3.8, 4) is 5.75 Å². The molecule has 0 aliphatic heterocycles. The van der Waals surface area contributed by atoms with Crippen molar-refractivity contribution in [2.75, 3.05) is 0 Å². The molecule has 1 heterocycles. The zero-order valence-corrected chi connectivity index (χ0v) is 23.4. The van der Waals surface area contributed by atoms with Gasteiger partial charge in [0.25, 0.3) is 0 Å². The lowest BCUT2D eigenvalue weighted by atomic mass is 10.0. The Balaban J connectivity index is 1.84. The van der Waals surface area contributed by atoms with Crippen LogP contribution in [0.3, 0.4) is 0 Å². The molecule has 11 N–H and O–H groups in total. The number of carbonyl (C=O) groups excluding carboxylic acids is 4. The van der Waals surface area contributed by atoms with Crippen LogP contribution < -0.4 is 27.4 Å². The number of para-hydroxylation sites is 1. The van der Waals surface area contributed by atoms with Crippen molar-refractivity contribution in [1.29, 1.82) is 0 Å². The average molecular weight is 597 g/mol. The van der Waals surface area contributed by atoms with Gasteiger partial charge in [0.15, 0.2) is 0 Å². The third kappa shape index (κ3) is 9.28. The van der Waals surface area contributed by atoms with E-state index in [9.17, 15) is 39.3 Å². The van der Waals surface area contributed by atoms with Crippen LogP contribution in [0.5, 0.6) is 5.75 Å². The van der Waals surface area contributed by atoms with Gasteiger partial charge in [-0.15, -0.1) is 0 Å². The van der Waals surface area contributed by atoms with Crippen LogP contribution in [0, 0.1) is 0 Å². The molecule has 0 saturated carbocycles. The minimum atomic E-state index is -1.41. The summed E-state index contributed by atoms with van der Waals surface area (Å²) in [4.78, 5) is 66.1. The molecule has 2 aromatic carbocycles. The molecular weight excluding hydrogens is 560 g/mol. The van der Waals surface area contributed by atoms with Crippen molar-refractivity contribution in [2.24, 2.45) is 11.5 Å².